The van der Waals surface area contributed by atoms with Crippen molar-refractivity contribution in [3.8, 4) is 0 Å². The molecule has 482 valence electrons. The summed E-state index contributed by atoms with van der Waals surface area (Å²) in [6, 6.07) is 3.75. The smallest absolute Gasteiger partial charge is 0.314 e. The first-order valence-corrected chi connectivity index (χ1v) is 68.6. The van der Waals surface area contributed by atoms with Crippen molar-refractivity contribution in [1.82, 2.24) is 0 Å². The van der Waals surface area contributed by atoms with E-state index in [0.717, 1.165) is 101 Å². The van der Waals surface area contributed by atoms with E-state index in [-0.39, 0.29) is 13.2 Å². The Balaban J connectivity index is 6.81. The quantitative estimate of drug-likeness (QED) is 0.0439. The summed E-state index contributed by atoms with van der Waals surface area (Å²) >= 11 is 0. The molecular weight excluding hydrogens is 1210 g/mol. The number of aliphatic hydroxyl groups is 2. The summed E-state index contributed by atoms with van der Waals surface area (Å²) in [6.07, 6.45) is 8.20. The van der Waals surface area contributed by atoms with Crippen molar-refractivity contribution in [2.45, 2.75) is 309 Å². The molecule has 0 bridgehead atoms. The maximum Gasteiger partial charge on any atom is 0.314 e. The fourth-order valence-corrected chi connectivity index (χ4v) is 61.3. The van der Waals surface area contributed by atoms with Crippen LogP contribution in [0.1, 0.15) is 77.0 Å². The zero-order chi connectivity index (χ0) is 62.4. The molecule has 0 radical (unpaired) electrons. The Hall–Kier alpha value is 2.04. The molecule has 0 aromatic carbocycles. The lowest BCUT2D eigenvalue weighted by Gasteiger charge is -2.39. The lowest BCUT2D eigenvalue weighted by atomic mass is 10.0. The summed E-state index contributed by atoms with van der Waals surface area (Å²) < 4.78 is 81.8. The Kier molecular flexibility index (Phi) is 37.0. The summed E-state index contributed by atoms with van der Waals surface area (Å²) in [5.74, 6) is 0. The van der Waals surface area contributed by atoms with Crippen LogP contribution in [0.5, 0.6) is 0 Å². The van der Waals surface area contributed by atoms with Crippen LogP contribution in [0.2, 0.25) is 207 Å². The molecule has 80 heavy (non-hydrogen) atoms. The van der Waals surface area contributed by atoms with Gasteiger partial charge < -0.3 is 62.1 Å². The molecule has 0 saturated carbocycles. The van der Waals surface area contributed by atoms with Gasteiger partial charge in [-0.25, -0.2) is 0 Å². The number of ether oxygens (including phenoxy) is 4. The molecule has 0 fully saturated rings. The van der Waals surface area contributed by atoms with Gasteiger partial charge in [0.25, 0.3) is 0 Å². The van der Waals surface area contributed by atoms with Gasteiger partial charge in [0.05, 0.1) is 13.2 Å². The van der Waals surface area contributed by atoms with Crippen molar-refractivity contribution >= 4 is 101 Å². The summed E-state index contributed by atoms with van der Waals surface area (Å²) in [4.78, 5) is 0. The minimum absolute atomic E-state index is 0.257. The highest BCUT2D eigenvalue weighted by atomic mass is 28.5. The number of hydrogen-bond acceptors (Lipinski definition) is 14. The Labute approximate surface area is 508 Å². The van der Waals surface area contributed by atoms with Crippen molar-refractivity contribution in [2.24, 2.45) is 0 Å². The van der Waals surface area contributed by atoms with Crippen LogP contribution in [-0.4, -0.2) is 175 Å². The third-order valence-electron chi connectivity index (χ3n) is 12.0. The molecule has 0 aliphatic heterocycles. The standard InChI is InChI=1S/C54H134O14Si12/c1-69(2,3)61-77(25,62-70(4,5)6)45-37-29-33-41-57-51(49-55)53(59-43-35-31-39-47-79(27,65-73(13,14)15)66-74(16,17)18)54(60-44-36-32-40-48-80(28,67-75(19,20)21)68-76(22,23)24)52(50-56)58-42-34-30-38-46-78(26,63-71(7,8)9)64-72(10,11)12/h51-56H,29-50H2,1-28H3. The van der Waals surface area contributed by atoms with Gasteiger partial charge in [-0.3, -0.25) is 0 Å². The van der Waals surface area contributed by atoms with Gasteiger partial charge in [-0.15, -0.1) is 0 Å². The monoisotopic (exact) mass is 1340 g/mol. The molecule has 14 nitrogen and oxygen atoms in total. The summed E-state index contributed by atoms with van der Waals surface area (Å²) in [7, 11) is -24.1. The van der Waals surface area contributed by atoms with Gasteiger partial charge in [-0.1, -0.05) is 51.4 Å². The zero-order valence-electron chi connectivity index (χ0n) is 57.7. The fraction of sp³-hybridized carbons (Fsp3) is 1.00. The Morgan fingerprint density at radius 1 is 0.225 bits per heavy atom. The van der Waals surface area contributed by atoms with E-state index in [9.17, 15) is 10.2 Å². The third-order valence-corrected chi connectivity index (χ3v) is 50.4. The van der Waals surface area contributed by atoms with Crippen LogP contribution in [0.4, 0.5) is 0 Å². The lowest BCUT2D eigenvalue weighted by Crippen LogP contribution is -2.52. The molecule has 0 rings (SSSR count). The molecule has 0 amide bonds. The number of unbranched alkanes of at least 4 members (excludes halogenated alkanes) is 8. The minimum Gasteiger partial charge on any atom is -0.437 e. The highest BCUT2D eigenvalue weighted by molar-refractivity contribution is 6.90. The number of hydrogen-bond donors (Lipinski definition) is 2. The average Bonchev–Trinajstić information content (AvgIpc) is 3.18. The summed E-state index contributed by atoms with van der Waals surface area (Å²) in [6.45, 7) is 64.4. The Morgan fingerprint density at radius 2 is 0.388 bits per heavy atom. The van der Waals surface area contributed by atoms with Crippen LogP contribution in [-0.2, 0) is 51.9 Å². The van der Waals surface area contributed by atoms with E-state index in [1.807, 2.05) is 0 Å². The Morgan fingerprint density at radius 3 is 0.537 bits per heavy atom. The summed E-state index contributed by atoms with van der Waals surface area (Å²) in [5, 5.41) is 22.5. The van der Waals surface area contributed by atoms with Crippen molar-refractivity contribution < 1.29 is 62.1 Å². The topological polar surface area (TPSA) is 151 Å². The fourth-order valence-electron chi connectivity index (χ4n) is 10.8. The maximum atomic E-state index is 11.3. The van der Waals surface area contributed by atoms with Gasteiger partial charge in [0.2, 0.25) is 0 Å². The van der Waals surface area contributed by atoms with Crippen LogP contribution >= 0.6 is 0 Å². The van der Waals surface area contributed by atoms with Gasteiger partial charge in [0, 0.05) is 26.4 Å². The van der Waals surface area contributed by atoms with Crippen molar-refractivity contribution in [3.05, 3.63) is 0 Å². The van der Waals surface area contributed by atoms with Crippen LogP contribution in [0, 0.1) is 0 Å². The molecule has 0 aromatic rings. The normalized spacial score (nSPS) is 16.1. The minimum atomic E-state index is -2.39. The van der Waals surface area contributed by atoms with Gasteiger partial charge in [0.15, 0.2) is 66.5 Å². The first-order chi connectivity index (χ1) is 35.9. The van der Waals surface area contributed by atoms with Gasteiger partial charge >= 0.3 is 34.2 Å². The van der Waals surface area contributed by atoms with Gasteiger partial charge in [-0.2, -0.15) is 0 Å². The first-order valence-electron chi connectivity index (χ1n) is 31.2. The van der Waals surface area contributed by atoms with Gasteiger partial charge in [-0.05, 0) is 233 Å². The molecular formula is C54H134O14Si12. The molecule has 0 spiro atoms. The van der Waals surface area contributed by atoms with Gasteiger partial charge in [0.1, 0.15) is 24.4 Å². The largest absolute Gasteiger partial charge is 0.437 e. The van der Waals surface area contributed by atoms with Crippen molar-refractivity contribution in [2.75, 3.05) is 39.6 Å². The van der Waals surface area contributed by atoms with Crippen LogP contribution in [0.25, 0.3) is 0 Å². The second-order valence-corrected chi connectivity index (χ2v) is 82.7. The molecule has 26 heteroatoms. The molecule has 0 heterocycles. The molecule has 0 aromatic heterocycles. The molecule has 2 N–H and O–H groups in total. The first kappa shape index (κ1) is 82.0. The van der Waals surface area contributed by atoms with E-state index in [4.69, 9.17) is 51.9 Å². The van der Waals surface area contributed by atoms with E-state index in [1.165, 1.54) is 0 Å². The second kappa shape index (κ2) is 36.0. The number of aliphatic hydroxyl groups excluding tert-OH is 2. The molecule has 0 saturated heterocycles. The number of rotatable bonds is 49. The lowest BCUT2D eigenvalue weighted by molar-refractivity contribution is -0.192. The van der Waals surface area contributed by atoms with Crippen molar-refractivity contribution in [3.63, 3.8) is 0 Å². The average molecular weight is 1340 g/mol. The van der Waals surface area contributed by atoms with Crippen molar-refractivity contribution in [1.29, 1.82) is 0 Å². The highest BCUT2D eigenvalue weighted by Gasteiger charge is 2.44. The Bertz CT molecular complexity index is 1460. The predicted octanol–water partition coefficient (Wildman–Crippen LogP) is 16.3. The predicted molar refractivity (Wildman–Crippen MR) is 370 cm³/mol. The maximum absolute atomic E-state index is 11.3. The van der Waals surface area contributed by atoms with E-state index >= 15 is 0 Å². The van der Waals surface area contributed by atoms with Crippen LogP contribution in [0.15, 0.2) is 0 Å². The highest BCUT2D eigenvalue weighted by Crippen LogP contribution is 2.31. The molecule has 0 aliphatic carbocycles. The van der Waals surface area contributed by atoms with Crippen LogP contribution in [0.3, 0.4) is 0 Å². The summed E-state index contributed by atoms with van der Waals surface area (Å²) in [5.41, 5.74) is 0. The van der Waals surface area contributed by atoms with E-state index in [0.29, 0.717) is 26.4 Å². The molecule has 4 unspecified atom stereocenters. The zero-order valence-corrected chi connectivity index (χ0v) is 69.7. The van der Waals surface area contributed by atoms with E-state index in [1.54, 1.807) is 0 Å². The van der Waals surface area contributed by atoms with E-state index < -0.39 is 125 Å². The third kappa shape index (κ3) is 44.5. The molecule has 0 aliphatic rings. The molecule has 4 atom stereocenters. The second-order valence-electron chi connectivity index (χ2n) is 31.3. The van der Waals surface area contributed by atoms with E-state index in [2.05, 4.69) is 183 Å². The van der Waals surface area contributed by atoms with Crippen LogP contribution < -0.4 is 0 Å². The SMILES string of the molecule is C[Si](C)(C)O[Si](C)(CCCCCOC(CO)C(OCCCCC[Si](C)(O[Si](C)(C)C)O[Si](C)(C)C)C(OCCCCC[Si](C)(O[Si](C)(C)C)O[Si](C)(C)C)C(CO)OCCCCC[Si](C)(O[Si](C)(C)C)O[Si](C)(C)C)O[Si](C)(C)C.